The molecular formula is C15H22N2O2. The predicted octanol–water partition coefficient (Wildman–Crippen LogP) is 1.45. The van der Waals surface area contributed by atoms with Gasteiger partial charge in [-0.3, -0.25) is 9.59 Å². The summed E-state index contributed by atoms with van der Waals surface area (Å²) >= 11 is 0. The number of nitrogens with one attached hydrogen (secondary N) is 1. The van der Waals surface area contributed by atoms with Gasteiger partial charge in [0.1, 0.15) is 5.54 Å². The molecule has 1 aliphatic carbocycles. The molecule has 0 aromatic heterocycles. The average molecular weight is 262 g/mol. The van der Waals surface area contributed by atoms with Gasteiger partial charge in [0.25, 0.3) is 0 Å². The third-order valence-electron chi connectivity index (χ3n) is 4.34. The van der Waals surface area contributed by atoms with Crippen LogP contribution in [0, 0.1) is 12.3 Å². The molecule has 1 unspecified atom stereocenters. The van der Waals surface area contributed by atoms with E-state index in [4.69, 9.17) is 6.42 Å². The van der Waals surface area contributed by atoms with E-state index in [-0.39, 0.29) is 24.4 Å². The monoisotopic (exact) mass is 262 g/mol. The first-order valence-corrected chi connectivity index (χ1v) is 7.18. The smallest absolute Gasteiger partial charge is 0.249 e. The highest BCUT2D eigenvalue weighted by atomic mass is 16.2. The molecule has 1 atom stereocenters. The van der Waals surface area contributed by atoms with Gasteiger partial charge in [-0.25, -0.2) is 0 Å². The minimum Gasteiger partial charge on any atom is -0.340 e. The van der Waals surface area contributed by atoms with E-state index < -0.39 is 5.54 Å². The van der Waals surface area contributed by atoms with Crippen molar-refractivity contribution in [1.82, 2.24) is 10.2 Å². The molecule has 2 fully saturated rings. The molecule has 1 N–H and O–H groups in total. The molecule has 2 rings (SSSR count). The zero-order valence-corrected chi connectivity index (χ0v) is 11.6. The first-order valence-electron chi connectivity index (χ1n) is 7.18. The van der Waals surface area contributed by atoms with Crippen molar-refractivity contribution in [2.24, 2.45) is 0 Å². The van der Waals surface area contributed by atoms with E-state index in [2.05, 4.69) is 11.2 Å². The highest BCUT2D eigenvalue weighted by molar-refractivity contribution is 5.98. The molecule has 1 saturated heterocycles. The van der Waals surface area contributed by atoms with Crippen LogP contribution in [0.5, 0.6) is 0 Å². The summed E-state index contributed by atoms with van der Waals surface area (Å²) in [7, 11) is 0. The van der Waals surface area contributed by atoms with Crippen LogP contribution >= 0.6 is 0 Å². The van der Waals surface area contributed by atoms with Crippen LogP contribution in [0.15, 0.2) is 0 Å². The van der Waals surface area contributed by atoms with Crippen molar-refractivity contribution in [3.8, 4) is 12.3 Å². The molecule has 1 spiro atoms. The lowest BCUT2D eigenvalue weighted by Gasteiger charge is -2.46. The molecule has 2 amide bonds. The summed E-state index contributed by atoms with van der Waals surface area (Å²) < 4.78 is 0. The minimum absolute atomic E-state index is 0.0117. The molecule has 0 aromatic rings. The average Bonchev–Trinajstić information content (AvgIpc) is 2.41. The summed E-state index contributed by atoms with van der Waals surface area (Å²) in [6.07, 6.45) is 11.4. The van der Waals surface area contributed by atoms with Gasteiger partial charge in [-0.15, -0.1) is 12.3 Å². The minimum atomic E-state index is -0.643. The van der Waals surface area contributed by atoms with Crippen LogP contribution in [-0.4, -0.2) is 34.8 Å². The van der Waals surface area contributed by atoms with Gasteiger partial charge in [0.05, 0.1) is 6.54 Å². The van der Waals surface area contributed by atoms with E-state index in [0.717, 1.165) is 38.5 Å². The number of amides is 2. The van der Waals surface area contributed by atoms with Gasteiger partial charge in [0.2, 0.25) is 11.8 Å². The normalized spacial score (nSPS) is 23.9. The van der Waals surface area contributed by atoms with Crippen LogP contribution < -0.4 is 5.32 Å². The number of carbonyl (C=O) groups is 2. The van der Waals surface area contributed by atoms with Gasteiger partial charge in [0.15, 0.2) is 0 Å². The molecule has 1 aliphatic heterocycles. The Morgan fingerprint density at radius 1 is 1.37 bits per heavy atom. The van der Waals surface area contributed by atoms with Crippen molar-refractivity contribution in [2.45, 2.75) is 63.5 Å². The lowest BCUT2D eigenvalue weighted by Crippen LogP contribution is -2.68. The van der Waals surface area contributed by atoms with Crippen molar-refractivity contribution in [3.05, 3.63) is 0 Å². The fraction of sp³-hybridized carbons (Fsp3) is 0.733. The number of nitrogens with zero attached hydrogens (tertiary/aromatic N) is 1. The van der Waals surface area contributed by atoms with Crippen molar-refractivity contribution in [2.75, 3.05) is 6.54 Å². The SMILES string of the molecule is C#CCC(CC)N1CC(=O)NC2(CCCCC2)C1=O. The highest BCUT2D eigenvalue weighted by Gasteiger charge is 2.48. The summed E-state index contributed by atoms with van der Waals surface area (Å²) in [5, 5.41) is 2.95. The Morgan fingerprint density at radius 2 is 2.05 bits per heavy atom. The molecule has 0 radical (unpaired) electrons. The van der Waals surface area contributed by atoms with Gasteiger partial charge in [-0.2, -0.15) is 0 Å². The molecule has 0 aromatic carbocycles. The highest BCUT2D eigenvalue weighted by Crippen LogP contribution is 2.33. The Balaban J connectivity index is 2.22. The zero-order valence-electron chi connectivity index (χ0n) is 11.6. The van der Waals surface area contributed by atoms with Crippen molar-refractivity contribution in [1.29, 1.82) is 0 Å². The van der Waals surface area contributed by atoms with Gasteiger partial charge < -0.3 is 10.2 Å². The Labute approximate surface area is 114 Å². The summed E-state index contributed by atoms with van der Waals surface area (Å²) in [5.74, 6) is 2.65. The lowest BCUT2D eigenvalue weighted by atomic mass is 9.79. The van der Waals surface area contributed by atoms with Crippen LogP contribution in [-0.2, 0) is 9.59 Å². The number of terminal acetylenes is 1. The number of rotatable bonds is 3. The van der Waals surface area contributed by atoms with Crippen LogP contribution in [0.25, 0.3) is 0 Å². The van der Waals surface area contributed by atoms with Crippen LogP contribution in [0.4, 0.5) is 0 Å². The molecule has 1 saturated carbocycles. The number of carbonyl (C=O) groups excluding carboxylic acids is 2. The Hall–Kier alpha value is -1.50. The number of hydrogen-bond acceptors (Lipinski definition) is 2. The van der Waals surface area contributed by atoms with E-state index in [1.807, 2.05) is 6.92 Å². The topological polar surface area (TPSA) is 49.4 Å². The second kappa shape index (κ2) is 5.64. The van der Waals surface area contributed by atoms with E-state index >= 15 is 0 Å². The van der Waals surface area contributed by atoms with Gasteiger partial charge in [-0.05, 0) is 19.3 Å². The number of hydrogen-bond donors (Lipinski definition) is 1. The van der Waals surface area contributed by atoms with E-state index in [1.165, 1.54) is 0 Å². The summed E-state index contributed by atoms with van der Waals surface area (Å²) in [4.78, 5) is 26.4. The van der Waals surface area contributed by atoms with Gasteiger partial charge >= 0.3 is 0 Å². The third-order valence-corrected chi connectivity index (χ3v) is 4.34. The fourth-order valence-electron chi connectivity index (χ4n) is 3.26. The molecule has 4 nitrogen and oxygen atoms in total. The maximum Gasteiger partial charge on any atom is 0.249 e. The first-order chi connectivity index (χ1) is 9.13. The van der Waals surface area contributed by atoms with Crippen molar-refractivity contribution < 1.29 is 9.59 Å². The summed E-state index contributed by atoms with van der Waals surface area (Å²) in [5.41, 5.74) is -0.643. The molecule has 0 bridgehead atoms. The Kier molecular flexibility index (Phi) is 4.14. The summed E-state index contributed by atoms with van der Waals surface area (Å²) in [6.45, 7) is 2.16. The van der Waals surface area contributed by atoms with Gasteiger partial charge in [-0.1, -0.05) is 26.2 Å². The van der Waals surface area contributed by atoms with Crippen molar-refractivity contribution >= 4 is 11.8 Å². The number of piperazine rings is 1. The lowest BCUT2D eigenvalue weighted by molar-refractivity contribution is -0.154. The maximum atomic E-state index is 12.8. The second-order valence-corrected chi connectivity index (χ2v) is 5.59. The zero-order chi connectivity index (χ0) is 13.9. The van der Waals surface area contributed by atoms with Crippen LogP contribution in [0.1, 0.15) is 51.9 Å². The second-order valence-electron chi connectivity index (χ2n) is 5.59. The van der Waals surface area contributed by atoms with E-state index in [1.54, 1.807) is 4.90 Å². The van der Waals surface area contributed by atoms with Crippen LogP contribution in [0.3, 0.4) is 0 Å². The first kappa shape index (κ1) is 13.9. The molecule has 19 heavy (non-hydrogen) atoms. The molecule has 1 heterocycles. The molecule has 2 aliphatic rings. The largest absolute Gasteiger partial charge is 0.340 e. The Morgan fingerprint density at radius 3 is 2.63 bits per heavy atom. The maximum absolute atomic E-state index is 12.8. The third kappa shape index (κ3) is 2.60. The predicted molar refractivity (Wildman–Crippen MR) is 73.2 cm³/mol. The van der Waals surface area contributed by atoms with Crippen LogP contribution in [0.2, 0.25) is 0 Å². The quantitative estimate of drug-likeness (QED) is 0.783. The molecule has 4 heteroatoms. The van der Waals surface area contributed by atoms with E-state index in [9.17, 15) is 9.59 Å². The molecule has 104 valence electrons. The van der Waals surface area contributed by atoms with Gasteiger partial charge in [0, 0.05) is 12.5 Å². The Bertz CT molecular complexity index is 405. The van der Waals surface area contributed by atoms with E-state index in [0.29, 0.717) is 6.42 Å². The van der Waals surface area contributed by atoms with Crippen molar-refractivity contribution in [3.63, 3.8) is 0 Å². The standard InChI is InChI=1S/C15H22N2O2/c1-3-8-12(4-2)17-11-13(18)16-15(14(17)19)9-6-5-7-10-15/h1,12H,4-11H2,2H3,(H,16,18). The molecular weight excluding hydrogens is 240 g/mol. The summed E-state index contributed by atoms with van der Waals surface area (Å²) in [6, 6.07) is -0.0117. The fourth-order valence-corrected chi connectivity index (χ4v) is 3.26.